The predicted octanol–water partition coefficient (Wildman–Crippen LogP) is 2.71. The second-order valence-corrected chi connectivity index (χ2v) is 6.67. The lowest BCUT2D eigenvalue weighted by molar-refractivity contribution is -0.130. The van der Waals surface area contributed by atoms with Gasteiger partial charge in [0.05, 0.1) is 17.5 Å². The SMILES string of the molecule is CN(C)C(=O)CNC(=O)CSC(c1ccccc1)c1ccccc1. The van der Waals surface area contributed by atoms with Gasteiger partial charge < -0.3 is 10.2 Å². The van der Waals surface area contributed by atoms with Gasteiger partial charge in [-0.2, -0.15) is 0 Å². The van der Waals surface area contributed by atoms with Gasteiger partial charge >= 0.3 is 0 Å². The molecule has 24 heavy (non-hydrogen) atoms. The number of benzene rings is 2. The average Bonchev–Trinajstić information content (AvgIpc) is 2.61. The lowest BCUT2D eigenvalue weighted by atomic mass is 10.0. The smallest absolute Gasteiger partial charge is 0.241 e. The van der Waals surface area contributed by atoms with Crippen LogP contribution in [0.1, 0.15) is 16.4 Å². The molecule has 2 aromatic rings. The van der Waals surface area contributed by atoms with E-state index in [1.165, 1.54) is 4.90 Å². The number of carbonyl (C=O) groups excluding carboxylic acids is 2. The monoisotopic (exact) mass is 342 g/mol. The Balaban J connectivity index is 1.99. The van der Waals surface area contributed by atoms with Crippen molar-refractivity contribution >= 4 is 23.6 Å². The van der Waals surface area contributed by atoms with Gasteiger partial charge in [-0.05, 0) is 11.1 Å². The van der Waals surface area contributed by atoms with Gasteiger partial charge in [-0.1, -0.05) is 60.7 Å². The van der Waals surface area contributed by atoms with Crippen molar-refractivity contribution in [3.63, 3.8) is 0 Å². The molecule has 0 bridgehead atoms. The van der Waals surface area contributed by atoms with Crippen LogP contribution >= 0.6 is 11.8 Å². The van der Waals surface area contributed by atoms with E-state index in [2.05, 4.69) is 29.6 Å². The van der Waals surface area contributed by atoms with Crippen LogP contribution in [0.2, 0.25) is 0 Å². The summed E-state index contributed by atoms with van der Waals surface area (Å²) in [6.07, 6.45) is 0. The van der Waals surface area contributed by atoms with Crippen LogP contribution in [0.4, 0.5) is 0 Å². The van der Waals surface area contributed by atoms with E-state index in [9.17, 15) is 9.59 Å². The maximum atomic E-state index is 12.0. The molecule has 0 saturated heterocycles. The Kier molecular flexibility index (Phi) is 6.88. The van der Waals surface area contributed by atoms with Crippen molar-refractivity contribution in [1.82, 2.24) is 10.2 Å². The Hall–Kier alpha value is -2.27. The molecular weight excluding hydrogens is 320 g/mol. The summed E-state index contributed by atoms with van der Waals surface area (Å²) in [6.45, 7) is 0.0355. The zero-order valence-electron chi connectivity index (χ0n) is 13.9. The molecule has 0 unspecified atom stereocenters. The fourth-order valence-corrected chi connectivity index (χ4v) is 3.30. The fourth-order valence-electron chi connectivity index (χ4n) is 2.18. The number of thioether (sulfide) groups is 1. The normalized spacial score (nSPS) is 10.5. The van der Waals surface area contributed by atoms with Crippen LogP contribution in [-0.2, 0) is 9.59 Å². The number of amides is 2. The van der Waals surface area contributed by atoms with E-state index in [1.54, 1.807) is 25.9 Å². The van der Waals surface area contributed by atoms with Crippen LogP contribution in [0.3, 0.4) is 0 Å². The Labute approximate surface area is 147 Å². The van der Waals surface area contributed by atoms with Gasteiger partial charge in [0.1, 0.15) is 0 Å². The molecule has 0 fully saturated rings. The number of nitrogens with one attached hydrogen (secondary N) is 1. The van der Waals surface area contributed by atoms with Crippen LogP contribution in [-0.4, -0.2) is 43.1 Å². The summed E-state index contributed by atoms with van der Waals surface area (Å²) in [7, 11) is 3.34. The molecule has 0 spiro atoms. The number of nitrogens with zero attached hydrogens (tertiary/aromatic N) is 1. The molecule has 0 aliphatic heterocycles. The zero-order valence-corrected chi connectivity index (χ0v) is 14.8. The van der Waals surface area contributed by atoms with E-state index in [0.29, 0.717) is 5.75 Å². The summed E-state index contributed by atoms with van der Waals surface area (Å²) in [5, 5.41) is 2.76. The first-order chi connectivity index (χ1) is 11.6. The summed E-state index contributed by atoms with van der Waals surface area (Å²) in [5.41, 5.74) is 2.32. The van der Waals surface area contributed by atoms with E-state index in [0.717, 1.165) is 11.1 Å². The second-order valence-electron chi connectivity index (χ2n) is 5.58. The molecule has 0 heterocycles. The molecule has 0 radical (unpaired) electrons. The third-order valence-corrected chi connectivity index (χ3v) is 4.83. The highest BCUT2D eigenvalue weighted by Crippen LogP contribution is 2.35. The maximum Gasteiger partial charge on any atom is 0.241 e. The first kappa shape index (κ1) is 18.1. The summed E-state index contributed by atoms with van der Waals surface area (Å²) >= 11 is 1.56. The second kappa shape index (κ2) is 9.13. The molecule has 2 aromatic carbocycles. The van der Waals surface area contributed by atoms with E-state index < -0.39 is 0 Å². The first-order valence-corrected chi connectivity index (χ1v) is 8.81. The van der Waals surface area contributed by atoms with Gasteiger partial charge in [-0.3, -0.25) is 9.59 Å². The summed E-state index contributed by atoms with van der Waals surface area (Å²) < 4.78 is 0. The molecule has 126 valence electrons. The first-order valence-electron chi connectivity index (χ1n) is 7.76. The van der Waals surface area contributed by atoms with Crippen LogP contribution in [0.5, 0.6) is 0 Å². The van der Waals surface area contributed by atoms with Crippen molar-refractivity contribution in [3.05, 3.63) is 71.8 Å². The van der Waals surface area contributed by atoms with E-state index in [1.807, 2.05) is 36.4 Å². The van der Waals surface area contributed by atoms with Crippen molar-refractivity contribution in [3.8, 4) is 0 Å². The van der Waals surface area contributed by atoms with Gasteiger partial charge in [-0.25, -0.2) is 0 Å². The van der Waals surface area contributed by atoms with Crippen molar-refractivity contribution in [1.29, 1.82) is 0 Å². The Bertz CT molecular complexity index is 620. The van der Waals surface area contributed by atoms with Crippen LogP contribution in [0, 0.1) is 0 Å². The Morgan fingerprint density at radius 1 is 0.958 bits per heavy atom. The highest BCUT2D eigenvalue weighted by molar-refractivity contribution is 8.00. The maximum absolute atomic E-state index is 12.0. The number of hydrogen-bond donors (Lipinski definition) is 1. The van der Waals surface area contributed by atoms with Crippen molar-refractivity contribution in [2.45, 2.75) is 5.25 Å². The van der Waals surface area contributed by atoms with Crippen LogP contribution < -0.4 is 5.32 Å². The predicted molar refractivity (Wildman–Crippen MR) is 98.9 cm³/mol. The lowest BCUT2D eigenvalue weighted by Gasteiger charge is -2.18. The summed E-state index contributed by atoms with van der Waals surface area (Å²) in [4.78, 5) is 25.0. The molecule has 1 N–H and O–H groups in total. The molecule has 0 aliphatic carbocycles. The average molecular weight is 342 g/mol. The fraction of sp³-hybridized carbons (Fsp3) is 0.263. The molecule has 2 amide bonds. The quantitative estimate of drug-likeness (QED) is 0.842. The third kappa shape index (κ3) is 5.42. The summed E-state index contributed by atoms with van der Waals surface area (Å²) in [6, 6.07) is 20.2. The molecule has 0 aromatic heterocycles. The minimum Gasteiger partial charge on any atom is -0.347 e. The molecule has 0 atom stereocenters. The standard InChI is InChI=1S/C19H22N2O2S/c1-21(2)18(23)13-20-17(22)14-24-19(15-9-5-3-6-10-15)16-11-7-4-8-12-16/h3-12,19H,13-14H2,1-2H3,(H,20,22). The lowest BCUT2D eigenvalue weighted by Crippen LogP contribution is -2.37. The number of likely N-dealkylation sites (N-methyl/N-ethyl adjacent to an activating group) is 1. The largest absolute Gasteiger partial charge is 0.347 e. The van der Waals surface area contributed by atoms with Gasteiger partial charge in [0, 0.05) is 14.1 Å². The molecule has 0 saturated carbocycles. The minimum atomic E-state index is -0.132. The zero-order chi connectivity index (χ0) is 17.4. The van der Waals surface area contributed by atoms with Gasteiger partial charge in [0.25, 0.3) is 0 Å². The number of carbonyl (C=O) groups is 2. The van der Waals surface area contributed by atoms with Crippen LogP contribution in [0.15, 0.2) is 60.7 Å². The highest BCUT2D eigenvalue weighted by atomic mass is 32.2. The van der Waals surface area contributed by atoms with Gasteiger partial charge in [-0.15, -0.1) is 11.8 Å². The molecular formula is C19H22N2O2S. The van der Waals surface area contributed by atoms with E-state index >= 15 is 0 Å². The van der Waals surface area contributed by atoms with Gasteiger partial charge in [0.2, 0.25) is 11.8 Å². The topological polar surface area (TPSA) is 49.4 Å². The highest BCUT2D eigenvalue weighted by Gasteiger charge is 2.16. The van der Waals surface area contributed by atoms with Gasteiger partial charge in [0.15, 0.2) is 0 Å². The molecule has 0 aliphatic rings. The van der Waals surface area contributed by atoms with Crippen LogP contribution in [0.25, 0.3) is 0 Å². The molecule has 5 heteroatoms. The summed E-state index contributed by atoms with van der Waals surface area (Å²) in [5.74, 6) is 0.0536. The van der Waals surface area contributed by atoms with Crippen molar-refractivity contribution in [2.24, 2.45) is 0 Å². The van der Waals surface area contributed by atoms with Crippen molar-refractivity contribution in [2.75, 3.05) is 26.4 Å². The number of hydrogen-bond acceptors (Lipinski definition) is 3. The third-order valence-electron chi connectivity index (χ3n) is 3.52. The van der Waals surface area contributed by atoms with E-state index in [-0.39, 0.29) is 23.6 Å². The number of rotatable bonds is 7. The molecule has 4 nitrogen and oxygen atoms in total. The van der Waals surface area contributed by atoms with Crippen molar-refractivity contribution < 1.29 is 9.59 Å². The Morgan fingerprint density at radius 3 is 1.92 bits per heavy atom. The Morgan fingerprint density at radius 2 is 1.46 bits per heavy atom. The van der Waals surface area contributed by atoms with E-state index in [4.69, 9.17) is 0 Å². The minimum absolute atomic E-state index is 0.0355. The molecule has 2 rings (SSSR count).